The Bertz CT molecular complexity index is 354. The van der Waals surface area contributed by atoms with E-state index in [2.05, 4.69) is 4.74 Å². The average molecular weight is 196 g/mol. The van der Waals surface area contributed by atoms with E-state index in [0.717, 1.165) is 6.08 Å². The monoisotopic (exact) mass is 196 g/mol. The Kier molecular flexibility index (Phi) is 3.23. The van der Waals surface area contributed by atoms with Gasteiger partial charge in [-0.05, 0) is 24.3 Å². The molecular formula is C10H9FO3. The predicted octanol–water partition coefficient (Wildman–Crippen LogP) is 1.90. The van der Waals surface area contributed by atoms with Crippen molar-refractivity contribution < 1.29 is 19.0 Å². The molecule has 0 atom stereocenters. The lowest BCUT2D eigenvalue weighted by Crippen LogP contribution is -1.96. The number of carbonyl (C=O) groups is 1. The van der Waals surface area contributed by atoms with Gasteiger partial charge in [0.1, 0.15) is 11.6 Å². The van der Waals surface area contributed by atoms with Gasteiger partial charge < -0.3 is 9.84 Å². The van der Waals surface area contributed by atoms with Crippen molar-refractivity contribution in [1.82, 2.24) is 0 Å². The first-order valence-electron chi connectivity index (χ1n) is 3.88. The summed E-state index contributed by atoms with van der Waals surface area (Å²) in [5.41, 5.74) is 0.358. The average Bonchev–Trinajstić information content (AvgIpc) is 2.18. The summed E-state index contributed by atoms with van der Waals surface area (Å²) in [5.74, 6) is -1.32. The summed E-state index contributed by atoms with van der Waals surface area (Å²) < 4.78 is 16.8. The van der Waals surface area contributed by atoms with Crippen molar-refractivity contribution in [3.63, 3.8) is 0 Å². The molecule has 3 nitrogen and oxygen atoms in total. The van der Waals surface area contributed by atoms with Crippen LogP contribution in [0.25, 0.3) is 5.76 Å². The molecule has 74 valence electrons. The maximum atomic E-state index is 12.5. The van der Waals surface area contributed by atoms with Crippen molar-refractivity contribution in [2.24, 2.45) is 0 Å². The molecule has 0 unspecified atom stereocenters. The van der Waals surface area contributed by atoms with E-state index in [4.69, 9.17) is 0 Å². The van der Waals surface area contributed by atoms with Crippen LogP contribution in [0.5, 0.6) is 0 Å². The highest BCUT2D eigenvalue weighted by atomic mass is 19.1. The fraction of sp³-hybridized carbons (Fsp3) is 0.100. The SMILES string of the molecule is COC(=O)C=C(O)c1ccc(F)cc1. The molecule has 4 heteroatoms. The summed E-state index contributed by atoms with van der Waals surface area (Å²) in [6.45, 7) is 0. The quantitative estimate of drug-likeness (QED) is 0.446. The zero-order chi connectivity index (χ0) is 10.6. The molecule has 0 saturated carbocycles. The molecule has 0 aliphatic heterocycles. The fourth-order valence-electron chi connectivity index (χ4n) is 0.875. The third-order valence-electron chi connectivity index (χ3n) is 1.60. The minimum atomic E-state index is -0.660. The molecule has 0 aliphatic carbocycles. The molecule has 0 amide bonds. The van der Waals surface area contributed by atoms with Gasteiger partial charge in [-0.1, -0.05) is 0 Å². The lowest BCUT2D eigenvalue weighted by Gasteiger charge is -1.99. The highest BCUT2D eigenvalue weighted by Crippen LogP contribution is 2.11. The Morgan fingerprint density at radius 1 is 1.43 bits per heavy atom. The Balaban J connectivity index is 2.89. The van der Waals surface area contributed by atoms with Crippen LogP contribution in [0.2, 0.25) is 0 Å². The summed E-state index contributed by atoms with van der Waals surface area (Å²) >= 11 is 0. The molecule has 1 aromatic rings. The predicted molar refractivity (Wildman–Crippen MR) is 49.0 cm³/mol. The number of hydrogen-bond acceptors (Lipinski definition) is 3. The van der Waals surface area contributed by atoms with Crippen molar-refractivity contribution in [1.29, 1.82) is 0 Å². The van der Waals surface area contributed by atoms with E-state index in [-0.39, 0.29) is 5.76 Å². The number of rotatable bonds is 2. The van der Waals surface area contributed by atoms with Gasteiger partial charge in [-0.15, -0.1) is 0 Å². The number of hydrogen-bond donors (Lipinski definition) is 1. The van der Waals surface area contributed by atoms with Gasteiger partial charge in [0.2, 0.25) is 0 Å². The van der Waals surface area contributed by atoms with E-state index in [1.807, 2.05) is 0 Å². The molecule has 0 heterocycles. The second-order valence-corrected chi connectivity index (χ2v) is 2.56. The first-order chi connectivity index (χ1) is 6.63. The zero-order valence-electron chi connectivity index (χ0n) is 7.53. The van der Waals surface area contributed by atoms with Crippen LogP contribution in [0.15, 0.2) is 30.3 Å². The number of carbonyl (C=O) groups excluding carboxylic acids is 1. The van der Waals surface area contributed by atoms with E-state index >= 15 is 0 Å². The number of aliphatic hydroxyl groups is 1. The first-order valence-corrected chi connectivity index (χ1v) is 3.88. The second-order valence-electron chi connectivity index (χ2n) is 2.56. The number of esters is 1. The molecular weight excluding hydrogens is 187 g/mol. The second kappa shape index (κ2) is 4.41. The first kappa shape index (κ1) is 10.2. The van der Waals surface area contributed by atoms with Crippen LogP contribution in [-0.2, 0) is 9.53 Å². The van der Waals surface area contributed by atoms with Crippen LogP contribution >= 0.6 is 0 Å². The number of ether oxygens (including phenoxy) is 1. The van der Waals surface area contributed by atoms with Crippen molar-refractivity contribution in [3.8, 4) is 0 Å². The Labute approximate surface area is 80.4 Å². The van der Waals surface area contributed by atoms with Crippen LogP contribution < -0.4 is 0 Å². The third-order valence-corrected chi connectivity index (χ3v) is 1.60. The van der Waals surface area contributed by atoms with E-state index < -0.39 is 11.8 Å². The van der Waals surface area contributed by atoms with E-state index in [1.54, 1.807) is 0 Å². The molecule has 0 saturated heterocycles. The lowest BCUT2D eigenvalue weighted by molar-refractivity contribution is -0.134. The minimum Gasteiger partial charge on any atom is -0.507 e. The van der Waals surface area contributed by atoms with E-state index in [0.29, 0.717) is 5.56 Å². The molecule has 0 radical (unpaired) electrons. The Hall–Kier alpha value is -1.84. The molecule has 1 rings (SSSR count). The summed E-state index contributed by atoms with van der Waals surface area (Å²) in [7, 11) is 1.21. The normalized spacial score (nSPS) is 11.1. The van der Waals surface area contributed by atoms with Crippen molar-refractivity contribution in [3.05, 3.63) is 41.7 Å². The lowest BCUT2D eigenvalue weighted by atomic mass is 10.2. The highest BCUT2D eigenvalue weighted by Gasteiger charge is 2.02. The largest absolute Gasteiger partial charge is 0.507 e. The summed E-state index contributed by atoms with van der Waals surface area (Å²) in [6.07, 6.45) is 0.924. The van der Waals surface area contributed by atoms with Crippen LogP contribution in [0.3, 0.4) is 0 Å². The van der Waals surface area contributed by atoms with Crippen molar-refractivity contribution >= 4 is 11.7 Å². The van der Waals surface area contributed by atoms with Gasteiger partial charge in [0.25, 0.3) is 0 Å². The zero-order valence-corrected chi connectivity index (χ0v) is 7.53. The van der Waals surface area contributed by atoms with Gasteiger partial charge in [-0.3, -0.25) is 0 Å². The molecule has 1 aromatic carbocycles. The molecule has 0 aliphatic rings. The standard InChI is InChI=1S/C10H9FO3/c1-14-10(13)6-9(12)7-2-4-8(11)5-3-7/h2-6,12H,1H3. The number of methoxy groups -OCH3 is 1. The van der Waals surface area contributed by atoms with Crippen LogP contribution in [-0.4, -0.2) is 18.2 Å². The van der Waals surface area contributed by atoms with Crippen molar-refractivity contribution in [2.45, 2.75) is 0 Å². The van der Waals surface area contributed by atoms with Gasteiger partial charge in [-0.2, -0.15) is 0 Å². The van der Waals surface area contributed by atoms with Gasteiger partial charge >= 0.3 is 5.97 Å². The molecule has 0 fully saturated rings. The van der Waals surface area contributed by atoms with Gasteiger partial charge in [-0.25, -0.2) is 9.18 Å². The van der Waals surface area contributed by atoms with Crippen molar-refractivity contribution in [2.75, 3.05) is 7.11 Å². The fourth-order valence-corrected chi connectivity index (χ4v) is 0.875. The van der Waals surface area contributed by atoms with Crippen LogP contribution in [0, 0.1) is 5.82 Å². The third kappa shape index (κ3) is 2.58. The molecule has 0 bridgehead atoms. The van der Waals surface area contributed by atoms with Gasteiger partial charge in [0.05, 0.1) is 13.2 Å². The topological polar surface area (TPSA) is 46.5 Å². The highest BCUT2D eigenvalue weighted by molar-refractivity contribution is 5.89. The molecule has 14 heavy (non-hydrogen) atoms. The maximum Gasteiger partial charge on any atom is 0.334 e. The maximum absolute atomic E-state index is 12.5. The Morgan fingerprint density at radius 2 is 2.00 bits per heavy atom. The van der Waals surface area contributed by atoms with Gasteiger partial charge in [0, 0.05) is 5.56 Å². The summed E-state index contributed by atoms with van der Waals surface area (Å²) in [6, 6.07) is 5.11. The van der Waals surface area contributed by atoms with E-state index in [9.17, 15) is 14.3 Å². The van der Waals surface area contributed by atoms with Gasteiger partial charge in [0.15, 0.2) is 0 Å². The number of benzene rings is 1. The number of halogens is 1. The molecule has 1 N–H and O–H groups in total. The number of aliphatic hydroxyl groups excluding tert-OH is 1. The van der Waals surface area contributed by atoms with Crippen LogP contribution in [0.4, 0.5) is 4.39 Å². The van der Waals surface area contributed by atoms with Crippen LogP contribution in [0.1, 0.15) is 5.56 Å². The minimum absolute atomic E-state index is 0.253. The van der Waals surface area contributed by atoms with E-state index in [1.165, 1.54) is 31.4 Å². The summed E-state index contributed by atoms with van der Waals surface area (Å²) in [4.78, 5) is 10.7. The smallest absolute Gasteiger partial charge is 0.334 e. The molecule has 0 spiro atoms. The summed E-state index contributed by atoms with van der Waals surface area (Å²) in [5, 5.41) is 9.35. The molecule has 0 aromatic heterocycles. The Morgan fingerprint density at radius 3 is 2.50 bits per heavy atom.